The number of ether oxygens (including phenoxy) is 2. The maximum Gasteiger partial charge on any atom is 0.323 e. The highest BCUT2D eigenvalue weighted by Crippen LogP contribution is 2.41. The lowest BCUT2D eigenvalue weighted by atomic mass is 10.2. The first-order chi connectivity index (χ1) is 10.5. The quantitative estimate of drug-likeness (QED) is 0.657. The van der Waals surface area contributed by atoms with Gasteiger partial charge in [0.25, 0.3) is 5.91 Å². The molecule has 0 saturated carbocycles. The summed E-state index contributed by atoms with van der Waals surface area (Å²) in [6, 6.07) is 3.33. The van der Waals surface area contributed by atoms with Crippen LogP contribution >= 0.6 is 35.6 Å². The summed E-state index contributed by atoms with van der Waals surface area (Å²) in [5, 5.41) is 9.17. The van der Waals surface area contributed by atoms with Gasteiger partial charge in [0.1, 0.15) is 10.9 Å². The lowest BCUT2D eigenvalue weighted by molar-refractivity contribution is -0.140. The number of nitrogens with zero attached hydrogens (tertiary/aromatic N) is 1. The number of hydrogen-bond acceptors (Lipinski definition) is 6. The van der Waals surface area contributed by atoms with Crippen LogP contribution in [0, 0.1) is 0 Å². The van der Waals surface area contributed by atoms with E-state index in [1.165, 1.54) is 0 Å². The van der Waals surface area contributed by atoms with Crippen LogP contribution in [-0.2, 0) is 9.59 Å². The third-order valence-corrected chi connectivity index (χ3v) is 4.57. The number of hydrogen-bond donors (Lipinski definition) is 1. The van der Waals surface area contributed by atoms with E-state index in [0.29, 0.717) is 27.0 Å². The first kappa shape index (κ1) is 15.1. The number of carbonyl (C=O) groups excluding carboxylic acids is 1. The zero-order valence-corrected chi connectivity index (χ0v) is 13.3. The van der Waals surface area contributed by atoms with Gasteiger partial charge >= 0.3 is 5.97 Å². The normalized spacial score (nSPS) is 18.4. The maximum absolute atomic E-state index is 12.2. The second-order valence-electron chi connectivity index (χ2n) is 4.40. The van der Waals surface area contributed by atoms with Crippen molar-refractivity contribution in [2.24, 2.45) is 0 Å². The summed E-state index contributed by atoms with van der Waals surface area (Å²) in [6.07, 6.45) is 1.59. The molecule has 6 nitrogen and oxygen atoms in total. The van der Waals surface area contributed by atoms with E-state index in [2.05, 4.69) is 0 Å². The molecule has 2 aliphatic rings. The van der Waals surface area contributed by atoms with E-state index >= 15 is 0 Å². The Kier molecular flexibility index (Phi) is 3.98. The molecule has 2 aliphatic heterocycles. The fourth-order valence-corrected chi connectivity index (χ4v) is 3.52. The third-order valence-electron chi connectivity index (χ3n) is 2.91. The fourth-order valence-electron chi connectivity index (χ4n) is 1.99. The molecule has 1 N–H and O–H groups in total. The zero-order chi connectivity index (χ0) is 15.9. The van der Waals surface area contributed by atoms with Crippen LogP contribution in [0.1, 0.15) is 5.56 Å². The number of thiocarbonyl (C=S) groups is 1. The number of fused-ring (bicyclic) bond motifs is 1. The van der Waals surface area contributed by atoms with Crippen LogP contribution in [0.4, 0.5) is 0 Å². The van der Waals surface area contributed by atoms with Crippen LogP contribution in [-0.4, -0.2) is 39.5 Å². The van der Waals surface area contributed by atoms with Crippen molar-refractivity contribution in [3.8, 4) is 11.5 Å². The van der Waals surface area contributed by atoms with Crippen LogP contribution < -0.4 is 9.47 Å². The molecule has 1 fully saturated rings. The molecular formula is C13H8ClNO5S2. The van der Waals surface area contributed by atoms with Gasteiger partial charge in [-0.3, -0.25) is 14.5 Å². The zero-order valence-electron chi connectivity index (χ0n) is 10.9. The third kappa shape index (κ3) is 2.77. The van der Waals surface area contributed by atoms with E-state index < -0.39 is 18.4 Å². The molecule has 1 aromatic carbocycles. The summed E-state index contributed by atoms with van der Waals surface area (Å²) in [4.78, 5) is 24.3. The fraction of sp³-hybridized carbons (Fsp3) is 0.154. The predicted octanol–water partition coefficient (Wildman–Crippen LogP) is 2.35. The molecule has 0 bridgehead atoms. The second-order valence-corrected chi connectivity index (χ2v) is 6.48. The molecule has 0 radical (unpaired) electrons. The average Bonchev–Trinajstić information content (AvgIpc) is 3.00. The minimum absolute atomic E-state index is 0.0965. The molecule has 1 amide bonds. The van der Waals surface area contributed by atoms with Crippen molar-refractivity contribution in [1.29, 1.82) is 0 Å². The average molecular weight is 358 g/mol. The smallest absolute Gasteiger partial charge is 0.323 e. The molecule has 22 heavy (non-hydrogen) atoms. The van der Waals surface area contributed by atoms with Crippen molar-refractivity contribution in [2.75, 3.05) is 13.3 Å². The lowest BCUT2D eigenvalue weighted by Crippen LogP contribution is -2.33. The Morgan fingerprint density at radius 1 is 1.50 bits per heavy atom. The number of halogens is 1. The maximum atomic E-state index is 12.2. The molecule has 9 heteroatoms. The number of aliphatic carboxylic acids is 1. The van der Waals surface area contributed by atoms with Gasteiger partial charge in [-0.1, -0.05) is 35.6 Å². The van der Waals surface area contributed by atoms with Gasteiger partial charge in [-0.2, -0.15) is 0 Å². The van der Waals surface area contributed by atoms with E-state index in [1.54, 1.807) is 18.2 Å². The monoisotopic (exact) mass is 357 g/mol. The van der Waals surface area contributed by atoms with Gasteiger partial charge in [0, 0.05) is 0 Å². The minimum Gasteiger partial charge on any atom is -0.480 e. The van der Waals surface area contributed by atoms with E-state index in [1.807, 2.05) is 0 Å². The largest absolute Gasteiger partial charge is 0.480 e. The van der Waals surface area contributed by atoms with Gasteiger partial charge in [0.15, 0.2) is 11.5 Å². The SMILES string of the molecule is O=C(O)CN1C(=O)/C(=C\c2cc(Cl)c3c(c2)OCO3)SC1=S. The van der Waals surface area contributed by atoms with Gasteiger partial charge in [0.05, 0.1) is 9.93 Å². The first-order valence-electron chi connectivity index (χ1n) is 6.02. The topological polar surface area (TPSA) is 76.1 Å². The Bertz CT molecular complexity index is 733. The number of benzene rings is 1. The molecule has 1 aromatic rings. The summed E-state index contributed by atoms with van der Waals surface area (Å²) in [5.74, 6) is -0.591. The van der Waals surface area contributed by atoms with Crippen LogP contribution in [0.25, 0.3) is 6.08 Å². The Hall–Kier alpha value is -1.77. The number of carboxylic acid groups (broad SMARTS) is 1. The minimum atomic E-state index is -1.12. The number of carboxylic acids is 1. The molecule has 3 rings (SSSR count). The Labute approximate surface area is 139 Å². The van der Waals surface area contributed by atoms with Crippen molar-refractivity contribution in [1.82, 2.24) is 4.90 Å². The summed E-state index contributed by atoms with van der Waals surface area (Å²) in [7, 11) is 0. The van der Waals surface area contributed by atoms with Crippen molar-refractivity contribution in [3.05, 3.63) is 27.6 Å². The summed E-state index contributed by atoms with van der Waals surface area (Å²) in [6.45, 7) is -0.358. The Morgan fingerprint density at radius 2 is 2.27 bits per heavy atom. The number of carbonyl (C=O) groups is 2. The lowest BCUT2D eigenvalue weighted by Gasteiger charge is -2.10. The van der Waals surface area contributed by atoms with Gasteiger partial charge in [-0.25, -0.2) is 0 Å². The highest BCUT2D eigenvalue weighted by Gasteiger charge is 2.33. The van der Waals surface area contributed by atoms with Gasteiger partial charge in [-0.15, -0.1) is 0 Å². The summed E-state index contributed by atoms with van der Waals surface area (Å²) < 4.78 is 10.7. The Balaban J connectivity index is 1.90. The highest BCUT2D eigenvalue weighted by molar-refractivity contribution is 8.26. The molecule has 0 aliphatic carbocycles. The van der Waals surface area contributed by atoms with Crippen molar-refractivity contribution < 1.29 is 24.2 Å². The number of amides is 1. The highest BCUT2D eigenvalue weighted by atomic mass is 35.5. The Morgan fingerprint density at radius 3 is 3.00 bits per heavy atom. The van der Waals surface area contributed by atoms with Crippen molar-refractivity contribution >= 4 is 57.9 Å². The molecule has 0 spiro atoms. The van der Waals surface area contributed by atoms with E-state index in [9.17, 15) is 9.59 Å². The van der Waals surface area contributed by atoms with Gasteiger partial charge in [-0.05, 0) is 23.8 Å². The van der Waals surface area contributed by atoms with Crippen molar-refractivity contribution in [2.45, 2.75) is 0 Å². The first-order valence-corrected chi connectivity index (χ1v) is 7.62. The molecule has 114 valence electrons. The summed E-state index contributed by atoms with van der Waals surface area (Å²) in [5.41, 5.74) is 0.644. The number of rotatable bonds is 3. The van der Waals surface area contributed by atoms with Crippen LogP contribution in [0.3, 0.4) is 0 Å². The van der Waals surface area contributed by atoms with Crippen molar-refractivity contribution in [3.63, 3.8) is 0 Å². The summed E-state index contributed by atoms with van der Waals surface area (Å²) >= 11 is 12.2. The van der Waals surface area contributed by atoms with Gasteiger partial charge in [0.2, 0.25) is 6.79 Å². The standard InChI is InChI=1S/C13H8ClNO5S2/c14-7-1-6(2-8-11(7)20-5-19-8)3-9-12(18)15(4-10(16)17)13(21)22-9/h1-3H,4-5H2,(H,16,17)/b9-3+. The van der Waals surface area contributed by atoms with E-state index in [-0.39, 0.29) is 11.1 Å². The van der Waals surface area contributed by atoms with Crippen LogP contribution in [0.15, 0.2) is 17.0 Å². The molecule has 0 aromatic heterocycles. The number of thioether (sulfide) groups is 1. The van der Waals surface area contributed by atoms with Crippen LogP contribution in [0.5, 0.6) is 11.5 Å². The molecular weight excluding hydrogens is 350 g/mol. The van der Waals surface area contributed by atoms with E-state index in [0.717, 1.165) is 16.7 Å². The predicted molar refractivity (Wildman–Crippen MR) is 85.1 cm³/mol. The van der Waals surface area contributed by atoms with E-state index in [4.69, 9.17) is 38.4 Å². The second kappa shape index (κ2) is 5.79. The van der Waals surface area contributed by atoms with Crippen LogP contribution in [0.2, 0.25) is 5.02 Å². The molecule has 2 heterocycles. The molecule has 0 unspecified atom stereocenters. The molecule has 0 atom stereocenters. The van der Waals surface area contributed by atoms with Gasteiger partial charge < -0.3 is 14.6 Å². The molecule has 1 saturated heterocycles.